The Labute approximate surface area is 303 Å². The van der Waals surface area contributed by atoms with Crippen LogP contribution in [0.5, 0.6) is 11.6 Å². The maximum atomic E-state index is 14.5. The van der Waals surface area contributed by atoms with E-state index < -0.39 is 62.0 Å². The smallest absolute Gasteiger partial charge is 0.408 e. The zero-order valence-electron chi connectivity index (χ0n) is 30.1. The first-order chi connectivity index (χ1) is 23.2. The molecule has 0 radical (unpaired) electrons. The van der Waals surface area contributed by atoms with E-state index in [1.54, 1.807) is 45.8 Å². The molecule has 3 N–H and O–H groups in total. The molecule has 50 heavy (non-hydrogen) atoms. The van der Waals surface area contributed by atoms with E-state index in [0.29, 0.717) is 35.5 Å². The third kappa shape index (κ3) is 9.46. The number of benzene rings is 1. The van der Waals surface area contributed by atoms with Crippen molar-refractivity contribution < 1.29 is 37.0 Å². The minimum absolute atomic E-state index is 0.108. The predicted molar refractivity (Wildman–Crippen MR) is 194 cm³/mol. The van der Waals surface area contributed by atoms with Crippen molar-refractivity contribution >= 4 is 54.6 Å². The van der Waals surface area contributed by atoms with E-state index in [1.807, 2.05) is 45.0 Å². The van der Waals surface area contributed by atoms with Crippen LogP contribution in [-0.2, 0) is 24.3 Å². The van der Waals surface area contributed by atoms with Gasteiger partial charge >= 0.3 is 6.09 Å². The Morgan fingerprint density at radius 1 is 1.10 bits per heavy atom. The first kappa shape index (κ1) is 39.4. The number of carbonyl (C=O) groups is 3. The summed E-state index contributed by atoms with van der Waals surface area (Å²) in [5.74, 6) is -0.158. The van der Waals surface area contributed by atoms with E-state index in [0.717, 1.165) is 10.8 Å². The quantitative estimate of drug-likeness (QED) is 0.190. The second-order valence-electron chi connectivity index (χ2n) is 15.2. The number of nitrogens with zero attached hydrogens (tertiary/aromatic N) is 2. The molecule has 276 valence electrons. The Hall–Kier alpha value is -3.43. The topological polar surface area (TPSA) is 165 Å². The van der Waals surface area contributed by atoms with Crippen LogP contribution in [0.2, 0.25) is 0 Å². The van der Waals surface area contributed by atoms with Gasteiger partial charge in [-0.1, -0.05) is 45.0 Å². The van der Waals surface area contributed by atoms with Gasteiger partial charge in [-0.2, -0.15) is 0 Å². The third-order valence-corrected chi connectivity index (χ3v) is 11.0. The number of carbonyl (C=O) groups excluding carboxylic acids is 3. The summed E-state index contributed by atoms with van der Waals surface area (Å²) in [5, 5.41) is 6.96. The van der Waals surface area contributed by atoms with Gasteiger partial charge in [-0.15, -0.1) is 6.58 Å². The Morgan fingerprint density at radius 2 is 1.74 bits per heavy atom. The fourth-order valence-electron chi connectivity index (χ4n) is 5.86. The first-order valence-electron chi connectivity index (χ1n) is 16.7. The number of methoxy groups -OCH3 is 1. The largest absolute Gasteiger partial charge is 0.493 e. The number of halogens is 1. The average Bonchev–Trinajstić information content (AvgIpc) is 3.79. The van der Waals surface area contributed by atoms with Crippen molar-refractivity contribution in [1.82, 2.24) is 25.2 Å². The summed E-state index contributed by atoms with van der Waals surface area (Å²) in [6.45, 7) is 16.4. The number of fused-ring (bicyclic) bond motifs is 1. The molecule has 13 nitrogen and oxygen atoms in total. The molecule has 0 spiro atoms. The molecule has 4 unspecified atom stereocenters. The zero-order chi connectivity index (χ0) is 37.2. The normalized spacial score (nSPS) is 20.1. The number of ether oxygens (including phenoxy) is 3. The van der Waals surface area contributed by atoms with Crippen molar-refractivity contribution in [1.29, 1.82) is 0 Å². The number of alkyl carbamates (subject to hydrolysis) is 1. The van der Waals surface area contributed by atoms with Gasteiger partial charge in [0, 0.05) is 29.8 Å². The molecule has 3 amide bonds. The van der Waals surface area contributed by atoms with Crippen LogP contribution in [0.15, 0.2) is 41.5 Å². The van der Waals surface area contributed by atoms with Crippen molar-refractivity contribution in [3.63, 3.8) is 0 Å². The maximum absolute atomic E-state index is 14.5. The van der Waals surface area contributed by atoms with Crippen LogP contribution in [0, 0.1) is 5.41 Å². The van der Waals surface area contributed by atoms with Gasteiger partial charge < -0.3 is 29.7 Å². The lowest BCUT2D eigenvalue weighted by Gasteiger charge is -2.37. The summed E-state index contributed by atoms with van der Waals surface area (Å²) in [6.07, 6.45) is 1.77. The molecule has 1 saturated heterocycles. The summed E-state index contributed by atoms with van der Waals surface area (Å²) in [6, 6.07) is 6.03. The van der Waals surface area contributed by atoms with Crippen LogP contribution in [-0.4, -0.2) is 91.0 Å². The van der Waals surface area contributed by atoms with Gasteiger partial charge in [0.1, 0.15) is 17.7 Å². The van der Waals surface area contributed by atoms with Gasteiger partial charge in [-0.05, 0) is 74.4 Å². The molecule has 4 rings (SSSR count). The number of aromatic nitrogens is 1. The van der Waals surface area contributed by atoms with Crippen LogP contribution in [0.25, 0.3) is 10.8 Å². The first-order valence-corrected chi connectivity index (χ1v) is 19.0. The molecular weight excluding hydrogens is 730 g/mol. The standard InChI is InChI=1S/C35H50BrN5O8S/c1-10-17-35(8,31(43)40-50(45,46)23-15-16-23)37-19-21-18-22(48-29-25-14-12-11-13-24(25)26(47-9)28(36)39-29)20-41(21)30(42)27(33(2,3)4)38-32(44)49-34(5,6)7/h10-14,21-23,27,37H,1,15-20H2,2-9H3,(H,38,44)(H,40,43). The molecule has 2 fully saturated rings. The van der Waals surface area contributed by atoms with E-state index in [4.69, 9.17) is 14.2 Å². The lowest BCUT2D eigenvalue weighted by molar-refractivity contribution is -0.137. The number of nitrogens with one attached hydrogen (secondary N) is 3. The second kappa shape index (κ2) is 15.0. The van der Waals surface area contributed by atoms with Crippen molar-refractivity contribution in [2.75, 3.05) is 20.2 Å². The fraction of sp³-hybridized carbons (Fsp3) is 0.600. The summed E-state index contributed by atoms with van der Waals surface area (Å²) < 4.78 is 45.6. The summed E-state index contributed by atoms with van der Waals surface area (Å²) in [5.41, 5.74) is -2.84. The zero-order valence-corrected chi connectivity index (χ0v) is 32.5. The maximum Gasteiger partial charge on any atom is 0.408 e. The molecule has 4 atom stereocenters. The molecule has 2 heterocycles. The number of likely N-dealkylation sites (tertiary alicyclic amines) is 1. The highest BCUT2D eigenvalue weighted by Crippen LogP contribution is 2.38. The highest BCUT2D eigenvalue weighted by molar-refractivity contribution is 9.10. The van der Waals surface area contributed by atoms with Gasteiger partial charge in [-0.25, -0.2) is 18.2 Å². The van der Waals surface area contributed by atoms with Crippen LogP contribution in [0.1, 0.15) is 74.1 Å². The minimum atomic E-state index is -3.80. The number of amides is 3. The SMILES string of the molecule is C=CCC(C)(NCC1CC(Oc2nc(Br)c(OC)c3ccccc23)CN1C(=O)C(NC(=O)OC(C)(C)C)C(C)(C)C)C(=O)NS(=O)(=O)C1CC1. The van der Waals surface area contributed by atoms with Crippen molar-refractivity contribution in [3.05, 3.63) is 41.5 Å². The molecule has 0 bridgehead atoms. The molecule has 1 aromatic heterocycles. The molecule has 1 aromatic carbocycles. The lowest BCUT2D eigenvalue weighted by Crippen LogP contribution is -2.60. The van der Waals surface area contributed by atoms with Gasteiger partial charge in [0.25, 0.3) is 5.91 Å². The molecule has 1 aliphatic heterocycles. The second-order valence-corrected chi connectivity index (χ2v) is 17.9. The Morgan fingerprint density at radius 3 is 2.30 bits per heavy atom. The van der Waals surface area contributed by atoms with Crippen molar-refractivity contribution in [2.24, 2.45) is 5.41 Å². The fourth-order valence-corrected chi connectivity index (χ4v) is 7.81. The highest BCUT2D eigenvalue weighted by Gasteiger charge is 2.46. The number of pyridine rings is 1. The summed E-state index contributed by atoms with van der Waals surface area (Å²) >= 11 is 3.49. The van der Waals surface area contributed by atoms with Gasteiger partial charge in [0.2, 0.25) is 21.8 Å². The van der Waals surface area contributed by atoms with E-state index in [9.17, 15) is 22.8 Å². The Bertz CT molecular complexity index is 1720. The van der Waals surface area contributed by atoms with Gasteiger partial charge in [0.15, 0.2) is 10.4 Å². The Balaban J connectivity index is 1.65. The molecule has 1 saturated carbocycles. The number of hydrogen-bond donors (Lipinski definition) is 3. The van der Waals surface area contributed by atoms with E-state index in [2.05, 4.69) is 42.8 Å². The van der Waals surface area contributed by atoms with Crippen LogP contribution < -0.4 is 24.8 Å². The molecule has 2 aromatic rings. The Kier molecular flexibility index (Phi) is 11.8. The van der Waals surface area contributed by atoms with E-state index in [1.165, 1.54) is 0 Å². The molecule has 2 aliphatic rings. The van der Waals surface area contributed by atoms with E-state index >= 15 is 0 Å². The lowest BCUT2D eigenvalue weighted by atomic mass is 9.85. The van der Waals surface area contributed by atoms with Crippen LogP contribution in [0.3, 0.4) is 0 Å². The predicted octanol–water partition coefficient (Wildman–Crippen LogP) is 4.83. The molecule has 1 aliphatic carbocycles. The van der Waals surface area contributed by atoms with Gasteiger partial charge in [0.05, 0.1) is 24.4 Å². The molecule has 15 heteroatoms. The summed E-state index contributed by atoms with van der Waals surface area (Å²) in [7, 11) is -2.24. The monoisotopic (exact) mass is 779 g/mol. The van der Waals surface area contributed by atoms with Crippen molar-refractivity contribution in [2.45, 2.75) is 109 Å². The van der Waals surface area contributed by atoms with Crippen LogP contribution >= 0.6 is 15.9 Å². The number of rotatable bonds is 13. The highest BCUT2D eigenvalue weighted by atomic mass is 79.9. The minimum Gasteiger partial charge on any atom is -0.493 e. The van der Waals surface area contributed by atoms with Crippen molar-refractivity contribution in [3.8, 4) is 11.6 Å². The van der Waals surface area contributed by atoms with Crippen LogP contribution in [0.4, 0.5) is 4.79 Å². The summed E-state index contributed by atoms with van der Waals surface area (Å²) in [4.78, 5) is 47.1. The van der Waals surface area contributed by atoms with Gasteiger partial charge in [-0.3, -0.25) is 14.3 Å². The number of hydrogen-bond acceptors (Lipinski definition) is 10. The van der Waals surface area contributed by atoms with E-state index in [-0.39, 0.29) is 25.4 Å². The third-order valence-electron chi connectivity index (χ3n) is 8.68. The number of sulfonamides is 1. The molecular formula is C35H50BrN5O8S. The average molecular weight is 781 g/mol.